The van der Waals surface area contributed by atoms with Crippen LogP contribution < -0.4 is 9.80 Å². The van der Waals surface area contributed by atoms with Crippen molar-refractivity contribution in [2.75, 3.05) is 36.2 Å². The minimum Gasteiger partial charge on any atom is -0.506 e. The van der Waals surface area contributed by atoms with Crippen molar-refractivity contribution in [1.29, 1.82) is 0 Å². The molecule has 1 unspecified atom stereocenters. The number of nitrogens with zero attached hydrogens (tertiary/aromatic N) is 2. The van der Waals surface area contributed by atoms with Gasteiger partial charge in [-0.25, -0.2) is 8.42 Å². The van der Waals surface area contributed by atoms with Gasteiger partial charge in [0.05, 0.1) is 22.0 Å². The standard InChI is InChI=1S/C22H30N2O3S/c1-5-6-12-22(2)15-24(17-10-8-7-9-11-17)19-13-18(23(3)4)20(25)14-21(19)28(26,27)16-22/h7-11,13-14,25H,5-6,12,15-16H2,1-4H3. The van der Waals surface area contributed by atoms with Crippen molar-refractivity contribution in [3.63, 3.8) is 0 Å². The van der Waals surface area contributed by atoms with Crippen LogP contribution in [0.15, 0.2) is 47.4 Å². The molecule has 2 aromatic carbocycles. The number of phenols is 1. The van der Waals surface area contributed by atoms with E-state index in [9.17, 15) is 13.5 Å². The zero-order chi connectivity index (χ0) is 20.5. The van der Waals surface area contributed by atoms with Gasteiger partial charge in [0.1, 0.15) is 5.75 Å². The van der Waals surface area contributed by atoms with E-state index in [0.29, 0.717) is 17.9 Å². The number of para-hydroxylation sites is 1. The van der Waals surface area contributed by atoms with Gasteiger partial charge in [0.2, 0.25) is 0 Å². The van der Waals surface area contributed by atoms with Crippen LogP contribution in [0, 0.1) is 5.41 Å². The molecule has 0 aliphatic carbocycles. The molecule has 5 nitrogen and oxygen atoms in total. The predicted molar refractivity (Wildman–Crippen MR) is 116 cm³/mol. The zero-order valence-electron chi connectivity index (χ0n) is 17.1. The lowest BCUT2D eigenvalue weighted by Gasteiger charge is -2.34. The van der Waals surface area contributed by atoms with Crippen LogP contribution in [-0.4, -0.2) is 39.9 Å². The highest BCUT2D eigenvalue weighted by molar-refractivity contribution is 7.91. The molecule has 0 radical (unpaired) electrons. The van der Waals surface area contributed by atoms with Gasteiger partial charge >= 0.3 is 0 Å². The van der Waals surface area contributed by atoms with E-state index < -0.39 is 9.84 Å². The maximum absolute atomic E-state index is 13.3. The zero-order valence-corrected chi connectivity index (χ0v) is 18.0. The van der Waals surface area contributed by atoms with Crippen LogP contribution in [0.25, 0.3) is 0 Å². The molecule has 28 heavy (non-hydrogen) atoms. The minimum absolute atomic E-state index is 0.0162. The lowest BCUT2D eigenvalue weighted by Crippen LogP contribution is -2.35. The summed E-state index contributed by atoms with van der Waals surface area (Å²) in [5, 5.41) is 10.5. The van der Waals surface area contributed by atoms with Crippen molar-refractivity contribution < 1.29 is 13.5 Å². The Hall–Kier alpha value is -2.21. The van der Waals surface area contributed by atoms with Crippen LogP contribution >= 0.6 is 0 Å². The van der Waals surface area contributed by atoms with Crippen molar-refractivity contribution in [1.82, 2.24) is 0 Å². The summed E-state index contributed by atoms with van der Waals surface area (Å²) >= 11 is 0. The second-order valence-electron chi connectivity index (χ2n) is 8.30. The third kappa shape index (κ3) is 3.97. The first-order valence-electron chi connectivity index (χ1n) is 9.76. The molecule has 1 N–H and O–H groups in total. The molecule has 152 valence electrons. The molecule has 0 fully saturated rings. The van der Waals surface area contributed by atoms with Gasteiger partial charge in [-0.05, 0) is 30.0 Å². The normalized spacial score (nSPS) is 21.1. The third-order valence-electron chi connectivity index (χ3n) is 5.44. The van der Waals surface area contributed by atoms with E-state index >= 15 is 0 Å². The number of sulfone groups is 1. The predicted octanol–water partition coefficient (Wildman–Crippen LogP) is 4.58. The van der Waals surface area contributed by atoms with Crippen molar-refractivity contribution in [2.24, 2.45) is 5.41 Å². The van der Waals surface area contributed by atoms with Gasteiger partial charge in [-0.2, -0.15) is 0 Å². The molecule has 0 amide bonds. The number of rotatable bonds is 5. The Bertz CT molecular complexity index is 942. The van der Waals surface area contributed by atoms with E-state index in [1.165, 1.54) is 6.07 Å². The van der Waals surface area contributed by atoms with Gasteiger partial charge in [-0.15, -0.1) is 0 Å². The highest BCUT2D eigenvalue weighted by Gasteiger charge is 2.40. The number of benzene rings is 2. The summed E-state index contributed by atoms with van der Waals surface area (Å²) < 4.78 is 26.7. The monoisotopic (exact) mass is 402 g/mol. The Morgan fingerprint density at radius 2 is 1.86 bits per heavy atom. The molecule has 2 aromatic rings. The van der Waals surface area contributed by atoms with Gasteiger partial charge in [0, 0.05) is 32.4 Å². The summed E-state index contributed by atoms with van der Waals surface area (Å²) in [5.74, 6) is 0.0642. The van der Waals surface area contributed by atoms with Gasteiger partial charge in [0.15, 0.2) is 9.84 Å². The summed E-state index contributed by atoms with van der Waals surface area (Å²) in [7, 11) is 0.134. The van der Waals surface area contributed by atoms with Crippen LogP contribution in [0.1, 0.15) is 33.1 Å². The van der Waals surface area contributed by atoms with Crippen molar-refractivity contribution >= 4 is 26.9 Å². The van der Waals surface area contributed by atoms with Crippen LogP contribution in [-0.2, 0) is 9.84 Å². The molecule has 0 saturated heterocycles. The van der Waals surface area contributed by atoms with Gasteiger partial charge in [0.25, 0.3) is 0 Å². The van der Waals surface area contributed by atoms with E-state index in [1.54, 1.807) is 11.0 Å². The van der Waals surface area contributed by atoms with E-state index in [0.717, 1.165) is 24.9 Å². The molecule has 0 spiro atoms. The Labute approximate surface area is 168 Å². The lowest BCUT2D eigenvalue weighted by atomic mass is 9.86. The fraction of sp³-hybridized carbons (Fsp3) is 0.455. The van der Waals surface area contributed by atoms with Gasteiger partial charge in [-0.3, -0.25) is 0 Å². The topological polar surface area (TPSA) is 60.9 Å². The number of hydrogen-bond acceptors (Lipinski definition) is 5. The van der Waals surface area contributed by atoms with E-state index in [4.69, 9.17) is 0 Å². The van der Waals surface area contributed by atoms with Crippen LogP contribution in [0.5, 0.6) is 5.75 Å². The van der Waals surface area contributed by atoms with E-state index in [-0.39, 0.29) is 21.8 Å². The number of anilines is 3. The maximum Gasteiger partial charge on any atom is 0.181 e. The fourth-order valence-electron chi connectivity index (χ4n) is 4.01. The first-order valence-corrected chi connectivity index (χ1v) is 11.4. The van der Waals surface area contributed by atoms with Crippen molar-refractivity contribution in [3.8, 4) is 5.75 Å². The smallest absolute Gasteiger partial charge is 0.181 e. The molecule has 3 rings (SSSR count). The average Bonchev–Trinajstić information content (AvgIpc) is 2.72. The fourth-order valence-corrected chi connectivity index (χ4v) is 6.09. The summed E-state index contributed by atoms with van der Waals surface area (Å²) in [5.41, 5.74) is 1.82. The van der Waals surface area contributed by atoms with E-state index in [2.05, 4.69) is 18.7 Å². The molecule has 0 aromatic heterocycles. The molecule has 1 heterocycles. The van der Waals surface area contributed by atoms with Crippen LogP contribution in [0.3, 0.4) is 0 Å². The van der Waals surface area contributed by atoms with Crippen molar-refractivity contribution in [3.05, 3.63) is 42.5 Å². The molecule has 1 aliphatic heterocycles. The molecule has 1 atom stereocenters. The van der Waals surface area contributed by atoms with Gasteiger partial charge in [-0.1, -0.05) is 44.9 Å². The Morgan fingerprint density at radius 1 is 1.18 bits per heavy atom. The lowest BCUT2D eigenvalue weighted by molar-refractivity contribution is 0.338. The summed E-state index contributed by atoms with van der Waals surface area (Å²) in [6, 6.07) is 13.1. The molecule has 0 bridgehead atoms. The highest BCUT2D eigenvalue weighted by atomic mass is 32.2. The largest absolute Gasteiger partial charge is 0.506 e. The molecular formula is C22H30N2O3S. The summed E-state index contributed by atoms with van der Waals surface area (Å²) in [6.45, 7) is 4.80. The number of fused-ring (bicyclic) bond motifs is 1. The average molecular weight is 403 g/mol. The quantitative estimate of drug-likeness (QED) is 0.793. The maximum atomic E-state index is 13.3. The number of aromatic hydroxyl groups is 1. The Balaban J connectivity index is 2.25. The molecule has 6 heteroatoms. The molecular weight excluding hydrogens is 372 g/mol. The Morgan fingerprint density at radius 3 is 2.46 bits per heavy atom. The van der Waals surface area contributed by atoms with Gasteiger partial charge < -0.3 is 14.9 Å². The minimum atomic E-state index is -3.54. The SMILES string of the molecule is CCCCC1(C)CN(c2ccccc2)c2cc(N(C)C)c(O)cc2S(=O)(=O)C1. The van der Waals surface area contributed by atoms with Crippen molar-refractivity contribution in [2.45, 2.75) is 38.0 Å². The molecule has 1 aliphatic rings. The number of phenolic OH excluding ortho intramolecular Hbond substituents is 1. The number of hydrogen-bond donors (Lipinski definition) is 1. The van der Waals surface area contributed by atoms with Crippen LogP contribution in [0.2, 0.25) is 0 Å². The Kier molecular flexibility index (Phi) is 5.62. The first kappa shape index (κ1) is 20.5. The summed E-state index contributed by atoms with van der Waals surface area (Å²) in [6.07, 6.45) is 2.85. The number of unbranched alkanes of at least 4 members (excludes halogenated alkanes) is 1. The van der Waals surface area contributed by atoms with E-state index in [1.807, 2.05) is 44.4 Å². The third-order valence-corrected chi connectivity index (χ3v) is 7.52. The first-order chi connectivity index (χ1) is 13.2. The second-order valence-corrected chi connectivity index (χ2v) is 10.3. The second kappa shape index (κ2) is 7.66. The molecule has 0 saturated carbocycles. The van der Waals surface area contributed by atoms with Crippen LogP contribution in [0.4, 0.5) is 17.1 Å². The highest BCUT2D eigenvalue weighted by Crippen LogP contribution is 2.45. The summed E-state index contributed by atoms with van der Waals surface area (Å²) in [4.78, 5) is 4.11.